The van der Waals surface area contributed by atoms with Gasteiger partial charge in [0, 0.05) is 24.6 Å². The van der Waals surface area contributed by atoms with Crippen LogP contribution in [0.3, 0.4) is 0 Å². The number of hydrogen-bond donors (Lipinski definition) is 1. The average Bonchev–Trinajstić information content (AvgIpc) is 2.74. The Balaban J connectivity index is 2.22. The second kappa shape index (κ2) is 5.81. The Morgan fingerprint density at radius 1 is 1.25 bits per heavy atom. The maximum atomic E-state index is 14.8. The lowest BCUT2D eigenvalue weighted by Crippen LogP contribution is -2.12. The molecule has 3 rings (SSSR count). The minimum atomic E-state index is -1.65. The highest BCUT2D eigenvalue weighted by Crippen LogP contribution is 2.42. The van der Waals surface area contributed by atoms with E-state index in [9.17, 15) is 9.18 Å². The summed E-state index contributed by atoms with van der Waals surface area (Å²) < 4.78 is 27.5. The van der Waals surface area contributed by atoms with E-state index in [4.69, 9.17) is 14.6 Å². The van der Waals surface area contributed by atoms with Crippen LogP contribution in [0.5, 0.6) is 11.5 Å². The number of halogens is 1. The van der Waals surface area contributed by atoms with Crippen LogP contribution in [0, 0.1) is 0 Å². The maximum absolute atomic E-state index is 14.8. The fourth-order valence-corrected chi connectivity index (χ4v) is 2.74. The Kier molecular flexibility index (Phi) is 3.95. The zero-order chi connectivity index (χ0) is 17.5. The molecular weight excluding hydrogens is 315 g/mol. The van der Waals surface area contributed by atoms with E-state index in [1.807, 2.05) is 0 Å². The topological polar surface area (TPSA) is 73.6 Å². The highest BCUT2D eigenvalue weighted by molar-refractivity contribution is 5.87. The van der Waals surface area contributed by atoms with Crippen molar-refractivity contribution in [1.29, 1.82) is 0 Å². The van der Waals surface area contributed by atoms with Gasteiger partial charge in [0.2, 0.25) is 0 Å². The van der Waals surface area contributed by atoms with Gasteiger partial charge in [0.1, 0.15) is 5.67 Å². The molecule has 128 valence electrons. The van der Waals surface area contributed by atoms with Crippen LogP contribution in [0.25, 0.3) is 11.3 Å². The summed E-state index contributed by atoms with van der Waals surface area (Å²) in [5.74, 6) is -0.113. The van der Waals surface area contributed by atoms with E-state index in [1.54, 1.807) is 19.2 Å². The molecule has 0 aliphatic carbocycles. The van der Waals surface area contributed by atoms with E-state index < -0.39 is 11.6 Å². The highest BCUT2D eigenvalue weighted by Gasteiger charge is 2.28. The van der Waals surface area contributed by atoms with E-state index in [0.29, 0.717) is 41.5 Å². The van der Waals surface area contributed by atoms with Gasteiger partial charge in [0.25, 0.3) is 0 Å². The minimum absolute atomic E-state index is 0.0952. The standard InChI is InChI=1S/C17H19FN2O4/c1-17(2,18)11-8-15-14(23-5-4-6-24-15)7-10(11)13-9-12(16(21)22)19-20(13)3/h7-9H,4-6H2,1-3H3,(H,21,22). The van der Waals surface area contributed by atoms with E-state index in [1.165, 1.54) is 24.6 Å². The monoisotopic (exact) mass is 334 g/mol. The number of carbonyl (C=O) groups is 1. The largest absolute Gasteiger partial charge is 0.490 e. The number of aromatic nitrogens is 2. The van der Waals surface area contributed by atoms with Crippen molar-refractivity contribution in [2.75, 3.05) is 13.2 Å². The molecule has 0 bridgehead atoms. The molecule has 0 atom stereocenters. The summed E-state index contributed by atoms with van der Waals surface area (Å²) in [6.45, 7) is 3.92. The van der Waals surface area contributed by atoms with Crippen LogP contribution in [-0.2, 0) is 12.7 Å². The summed E-state index contributed by atoms with van der Waals surface area (Å²) in [6, 6.07) is 4.75. The number of alkyl halides is 1. The molecule has 0 amide bonds. The number of carboxylic acids is 1. The molecule has 24 heavy (non-hydrogen) atoms. The molecule has 0 saturated heterocycles. The summed E-state index contributed by atoms with van der Waals surface area (Å²) in [4.78, 5) is 11.2. The van der Waals surface area contributed by atoms with E-state index in [2.05, 4.69) is 5.10 Å². The summed E-state index contributed by atoms with van der Waals surface area (Å²) in [5, 5.41) is 13.1. The number of nitrogens with zero attached hydrogens (tertiary/aromatic N) is 2. The molecule has 1 aromatic heterocycles. The molecule has 7 heteroatoms. The highest BCUT2D eigenvalue weighted by atomic mass is 19.1. The van der Waals surface area contributed by atoms with E-state index in [0.717, 1.165) is 6.42 Å². The van der Waals surface area contributed by atoms with Gasteiger partial charge in [-0.3, -0.25) is 4.68 Å². The van der Waals surface area contributed by atoms with Gasteiger partial charge in [0.15, 0.2) is 17.2 Å². The fourth-order valence-electron chi connectivity index (χ4n) is 2.74. The SMILES string of the molecule is Cn1nc(C(=O)O)cc1-c1cc2c(cc1C(C)(C)F)OCCCO2. The number of carboxylic acid groups (broad SMARTS) is 1. The first kappa shape index (κ1) is 16.3. The molecule has 2 aromatic rings. The van der Waals surface area contributed by atoms with Crippen molar-refractivity contribution in [2.24, 2.45) is 7.05 Å². The van der Waals surface area contributed by atoms with Crippen molar-refractivity contribution in [3.8, 4) is 22.8 Å². The molecule has 0 spiro atoms. The lowest BCUT2D eigenvalue weighted by atomic mass is 9.92. The second-order valence-electron chi connectivity index (χ2n) is 6.21. The van der Waals surface area contributed by atoms with E-state index in [-0.39, 0.29) is 5.69 Å². The first-order valence-electron chi connectivity index (χ1n) is 7.68. The molecule has 1 N–H and O–H groups in total. The number of hydrogen-bond acceptors (Lipinski definition) is 4. The third kappa shape index (κ3) is 2.93. The number of benzene rings is 1. The summed E-state index contributed by atoms with van der Waals surface area (Å²) in [6.07, 6.45) is 0.743. The van der Waals surface area contributed by atoms with Gasteiger partial charge in [-0.1, -0.05) is 0 Å². The van der Waals surface area contributed by atoms with Crippen molar-refractivity contribution in [1.82, 2.24) is 9.78 Å². The van der Waals surface area contributed by atoms with Crippen LogP contribution in [0.1, 0.15) is 36.3 Å². The molecule has 1 aromatic carbocycles. The molecule has 0 fully saturated rings. The van der Waals surface area contributed by atoms with Gasteiger partial charge < -0.3 is 14.6 Å². The van der Waals surface area contributed by atoms with Crippen molar-refractivity contribution in [2.45, 2.75) is 25.9 Å². The molecule has 0 radical (unpaired) electrons. The lowest BCUT2D eigenvalue weighted by Gasteiger charge is -2.21. The molecule has 6 nitrogen and oxygen atoms in total. The Labute approximate surface area is 138 Å². The van der Waals surface area contributed by atoms with Crippen LogP contribution >= 0.6 is 0 Å². The Hall–Kier alpha value is -2.57. The third-order valence-corrected chi connectivity index (χ3v) is 3.90. The first-order chi connectivity index (χ1) is 11.3. The zero-order valence-electron chi connectivity index (χ0n) is 13.8. The number of ether oxygens (including phenoxy) is 2. The van der Waals surface area contributed by atoms with Crippen LogP contribution in [0.15, 0.2) is 18.2 Å². The molecule has 0 unspecified atom stereocenters. The molecule has 1 aliphatic rings. The van der Waals surface area contributed by atoms with Crippen molar-refractivity contribution in [3.63, 3.8) is 0 Å². The molecule has 0 saturated carbocycles. The number of fused-ring (bicyclic) bond motifs is 1. The minimum Gasteiger partial charge on any atom is -0.490 e. The molecule has 2 heterocycles. The third-order valence-electron chi connectivity index (χ3n) is 3.90. The van der Waals surface area contributed by atoms with Crippen molar-refractivity contribution in [3.05, 3.63) is 29.5 Å². The van der Waals surface area contributed by atoms with Gasteiger partial charge in [0.05, 0.1) is 18.9 Å². The predicted octanol–water partition coefficient (Wildman–Crippen LogP) is 3.15. The fraction of sp³-hybridized carbons (Fsp3) is 0.412. The summed E-state index contributed by atoms with van der Waals surface area (Å²) >= 11 is 0. The van der Waals surface area contributed by atoms with Gasteiger partial charge in [-0.05, 0) is 32.0 Å². The number of rotatable bonds is 3. The quantitative estimate of drug-likeness (QED) is 0.933. The van der Waals surface area contributed by atoms with Crippen molar-refractivity contribution < 1.29 is 23.8 Å². The number of aromatic carboxylic acids is 1. The van der Waals surface area contributed by atoms with Gasteiger partial charge >= 0.3 is 5.97 Å². The van der Waals surface area contributed by atoms with Crippen LogP contribution in [0.4, 0.5) is 4.39 Å². The van der Waals surface area contributed by atoms with E-state index >= 15 is 0 Å². The molecule has 1 aliphatic heterocycles. The maximum Gasteiger partial charge on any atom is 0.356 e. The van der Waals surface area contributed by atoms with Gasteiger partial charge in [-0.2, -0.15) is 5.10 Å². The number of aryl methyl sites for hydroxylation is 1. The Morgan fingerprint density at radius 3 is 2.42 bits per heavy atom. The second-order valence-corrected chi connectivity index (χ2v) is 6.21. The van der Waals surface area contributed by atoms with Gasteiger partial charge in [-0.15, -0.1) is 0 Å². The van der Waals surface area contributed by atoms with Crippen LogP contribution < -0.4 is 9.47 Å². The average molecular weight is 334 g/mol. The van der Waals surface area contributed by atoms with Crippen LogP contribution in [0.2, 0.25) is 0 Å². The summed E-state index contributed by atoms with van der Waals surface area (Å²) in [5.41, 5.74) is -0.305. The first-order valence-corrected chi connectivity index (χ1v) is 7.68. The Morgan fingerprint density at radius 2 is 1.88 bits per heavy atom. The smallest absolute Gasteiger partial charge is 0.356 e. The van der Waals surface area contributed by atoms with Gasteiger partial charge in [-0.25, -0.2) is 9.18 Å². The molecular formula is C17H19FN2O4. The predicted molar refractivity (Wildman–Crippen MR) is 85.3 cm³/mol. The van der Waals surface area contributed by atoms with Crippen LogP contribution in [-0.4, -0.2) is 34.1 Å². The van der Waals surface area contributed by atoms with Crippen molar-refractivity contribution >= 4 is 5.97 Å². The lowest BCUT2D eigenvalue weighted by molar-refractivity contribution is 0.0689. The normalized spacial score (nSPS) is 14.3. The zero-order valence-corrected chi connectivity index (χ0v) is 13.8. The Bertz CT molecular complexity index is 793. The summed E-state index contributed by atoms with van der Waals surface area (Å²) in [7, 11) is 1.62.